The fourth-order valence-corrected chi connectivity index (χ4v) is 1.96. The highest BCUT2D eigenvalue weighted by atomic mass is 16.4. The molecule has 1 aromatic carbocycles. The fourth-order valence-electron chi connectivity index (χ4n) is 1.96. The van der Waals surface area contributed by atoms with E-state index in [1.807, 2.05) is 18.2 Å². The molecule has 0 atom stereocenters. The molecule has 0 saturated heterocycles. The lowest BCUT2D eigenvalue weighted by molar-refractivity contribution is 0.499. The van der Waals surface area contributed by atoms with E-state index in [-0.39, 0.29) is 0 Å². The predicted molar refractivity (Wildman–Crippen MR) is 75.7 cm³/mol. The second kappa shape index (κ2) is 4.88. The number of hydrogen-bond acceptors (Lipinski definition) is 4. The first kappa shape index (κ1) is 12.7. The minimum atomic E-state index is 0.359. The van der Waals surface area contributed by atoms with Gasteiger partial charge in [0.15, 0.2) is 5.58 Å². The fraction of sp³-hybridized carbons (Fsp3) is 0.500. The molecule has 1 aromatic heterocycles. The molecule has 1 heterocycles. The Bertz CT molecular complexity index is 531. The second-order valence-electron chi connectivity index (χ2n) is 5.36. The molecule has 0 unspecified atom stereocenters. The maximum Gasteiger partial charge on any atom is 0.298 e. The maximum atomic E-state index is 5.81. The van der Waals surface area contributed by atoms with Gasteiger partial charge in [0.05, 0.1) is 0 Å². The van der Waals surface area contributed by atoms with Crippen molar-refractivity contribution in [3.05, 3.63) is 18.2 Å². The van der Waals surface area contributed by atoms with E-state index in [4.69, 9.17) is 10.2 Å². The average Bonchev–Trinajstić information content (AvgIpc) is 2.67. The minimum Gasteiger partial charge on any atom is -0.423 e. The number of nitrogens with zero attached hydrogens (tertiary/aromatic N) is 2. The van der Waals surface area contributed by atoms with Crippen molar-refractivity contribution in [2.75, 3.05) is 17.2 Å². The summed E-state index contributed by atoms with van der Waals surface area (Å²) in [5, 5.41) is 0. The zero-order valence-electron chi connectivity index (χ0n) is 11.5. The highest BCUT2D eigenvalue weighted by Gasteiger charge is 2.18. The molecule has 0 amide bonds. The summed E-state index contributed by atoms with van der Waals surface area (Å²) in [6.45, 7) is 9.60. The SMILES string of the molecule is CC(C)CN(c1nc2cc(N)ccc2o1)C(C)C. The van der Waals surface area contributed by atoms with E-state index < -0.39 is 0 Å². The molecule has 0 aliphatic heterocycles. The highest BCUT2D eigenvalue weighted by molar-refractivity contribution is 5.78. The lowest BCUT2D eigenvalue weighted by Crippen LogP contribution is -2.34. The number of benzene rings is 1. The Kier molecular flexibility index (Phi) is 3.45. The van der Waals surface area contributed by atoms with Gasteiger partial charge in [-0.2, -0.15) is 4.98 Å². The largest absolute Gasteiger partial charge is 0.423 e. The van der Waals surface area contributed by atoms with E-state index in [2.05, 4.69) is 37.6 Å². The van der Waals surface area contributed by atoms with Crippen molar-refractivity contribution in [2.24, 2.45) is 5.92 Å². The van der Waals surface area contributed by atoms with Gasteiger partial charge < -0.3 is 15.1 Å². The van der Waals surface area contributed by atoms with Crippen LogP contribution >= 0.6 is 0 Å². The molecule has 2 aromatic rings. The molecular weight excluding hydrogens is 226 g/mol. The third-order valence-corrected chi connectivity index (χ3v) is 2.83. The summed E-state index contributed by atoms with van der Waals surface area (Å²) in [4.78, 5) is 6.71. The van der Waals surface area contributed by atoms with E-state index in [0.717, 1.165) is 17.6 Å². The van der Waals surface area contributed by atoms with Crippen LogP contribution in [0.15, 0.2) is 22.6 Å². The van der Waals surface area contributed by atoms with Gasteiger partial charge in [-0.3, -0.25) is 0 Å². The Labute approximate surface area is 108 Å². The van der Waals surface area contributed by atoms with Gasteiger partial charge in [0.2, 0.25) is 0 Å². The quantitative estimate of drug-likeness (QED) is 0.842. The zero-order valence-corrected chi connectivity index (χ0v) is 11.5. The topological polar surface area (TPSA) is 55.3 Å². The first-order chi connectivity index (χ1) is 8.47. The maximum absolute atomic E-state index is 5.81. The lowest BCUT2D eigenvalue weighted by Gasteiger charge is -2.26. The normalized spacial score (nSPS) is 11.7. The standard InChI is InChI=1S/C14H21N3O/c1-9(2)8-17(10(3)4)14-16-12-7-11(15)5-6-13(12)18-14/h5-7,9-10H,8,15H2,1-4H3. The Balaban J connectivity index is 2.38. The van der Waals surface area contributed by atoms with Gasteiger partial charge in [-0.1, -0.05) is 13.8 Å². The smallest absolute Gasteiger partial charge is 0.298 e. The van der Waals surface area contributed by atoms with Crippen LogP contribution in [0, 0.1) is 5.92 Å². The number of aromatic nitrogens is 1. The molecular formula is C14H21N3O. The number of rotatable bonds is 4. The molecule has 0 aliphatic rings. The predicted octanol–water partition coefficient (Wildman–Crippen LogP) is 3.28. The molecule has 98 valence electrons. The van der Waals surface area contributed by atoms with E-state index in [9.17, 15) is 0 Å². The third-order valence-electron chi connectivity index (χ3n) is 2.83. The second-order valence-corrected chi connectivity index (χ2v) is 5.36. The molecule has 0 spiro atoms. The molecule has 0 fully saturated rings. The van der Waals surface area contributed by atoms with Crippen LogP contribution in [-0.4, -0.2) is 17.6 Å². The van der Waals surface area contributed by atoms with Crippen LogP contribution in [0.3, 0.4) is 0 Å². The summed E-state index contributed by atoms with van der Waals surface area (Å²) in [7, 11) is 0. The van der Waals surface area contributed by atoms with Gasteiger partial charge in [0.1, 0.15) is 5.52 Å². The summed E-state index contributed by atoms with van der Waals surface area (Å²) in [5.74, 6) is 0.562. The Morgan fingerprint density at radius 2 is 2.00 bits per heavy atom. The van der Waals surface area contributed by atoms with Crippen molar-refractivity contribution >= 4 is 22.8 Å². The molecule has 0 aliphatic carbocycles. The van der Waals surface area contributed by atoms with E-state index >= 15 is 0 Å². The summed E-state index contributed by atoms with van der Waals surface area (Å²) in [6.07, 6.45) is 0. The third kappa shape index (κ3) is 2.58. The first-order valence-electron chi connectivity index (χ1n) is 6.40. The van der Waals surface area contributed by atoms with Crippen molar-refractivity contribution in [1.29, 1.82) is 0 Å². The van der Waals surface area contributed by atoms with Crippen LogP contribution in [-0.2, 0) is 0 Å². The van der Waals surface area contributed by atoms with Crippen molar-refractivity contribution < 1.29 is 4.42 Å². The summed E-state index contributed by atoms with van der Waals surface area (Å²) < 4.78 is 5.81. The van der Waals surface area contributed by atoms with Gasteiger partial charge in [-0.25, -0.2) is 0 Å². The Hall–Kier alpha value is -1.71. The number of fused-ring (bicyclic) bond motifs is 1. The average molecular weight is 247 g/mol. The van der Waals surface area contributed by atoms with E-state index in [0.29, 0.717) is 23.7 Å². The number of anilines is 2. The summed E-state index contributed by atoms with van der Waals surface area (Å²) in [5.41, 5.74) is 8.07. The van der Waals surface area contributed by atoms with Crippen molar-refractivity contribution in [3.63, 3.8) is 0 Å². The zero-order chi connectivity index (χ0) is 13.3. The molecule has 0 radical (unpaired) electrons. The van der Waals surface area contributed by atoms with E-state index in [1.165, 1.54) is 0 Å². The van der Waals surface area contributed by atoms with Gasteiger partial charge in [0.25, 0.3) is 6.01 Å². The molecule has 4 heteroatoms. The summed E-state index contributed by atoms with van der Waals surface area (Å²) >= 11 is 0. The van der Waals surface area contributed by atoms with Crippen LogP contribution < -0.4 is 10.6 Å². The van der Waals surface area contributed by atoms with Gasteiger partial charge >= 0.3 is 0 Å². The van der Waals surface area contributed by atoms with Gasteiger partial charge in [-0.05, 0) is 38.0 Å². The van der Waals surface area contributed by atoms with Crippen LogP contribution in [0.5, 0.6) is 0 Å². The van der Waals surface area contributed by atoms with Crippen molar-refractivity contribution in [3.8, 4) is 0 Å². The highest BCUT2D eigenvalue weighted by Crippen LogP contribution is 2.25. The molecule has 18 heavy (non-hydrogen) atoms. The van der Waals surface area contributed by atoms with Crippen molar-refractivity contribution in [1.82, 2.24) is 4.98 Å². The van der Waals surface area contributed by atoms with Crippen LogP contribution in [0.2, 0.25) is 0 Å². The first-order valence-corrected chi connectivity index (χ1v) is 6.40. The minimum absolute atomic E-state index is 0.359. The number of nitrogens with two attached hydrogens (primary N) is 1. The van der Waals surface area contributed by atoms with Crippen molar-refractivity contribution in [2.45, 2.75) is 33.7 Å². The van der Waals surface area contributed by atoms with Crippen LogP contribution in [0.25, 0.3) is 11.1 Å². The molecule has 0 saturated carbocycles. The Morgan fingerprint density at radius 3 is 2.61 bits per heavy atom. The summed E-state index contributed by atoms with van der Waals surface area (Å²) in [6, 6.07) is 6.59. The lowest BCUT2D eigenvalue weighted by atomic mass is 10.2. The number of nitrogen functional groups attached to an aromatic ring is 1. The number of hydrogen-bond donors (Lipinski definition) is 1. The Morgan fingerprint density at radius 1 is 1.28 bits per heavy atom. The van der Waals surface area contributed by atoms with Crippen LogP contribution in [0.1, 0.15) is 27.7 Å². The molecule has 2 rings (SSSR count). The molecule has 0 bridgehead atoms. The monoisotopic (exact) mass is 247 g/mol. The van der Waals surface area contributed by atoms with E-state index in [1.54, 1.807) is 0 Å². The van der Waals surface area contributed by atoms with Gasteiger partial charge in [-0.15, -0.1) is 0 Å². The van der Waals surface area contributed by atoms with Gasteiger partial charge in [0, 0.05) is 18.3 Å². The van der Waals surface area contributed by atoms with Crippen LogP contribution in [0.4, 0.5) is 11.7 Å². The molecule has 4 nitrogen and oxygen atoms in total. The number of oxazole rings is 1. The molecule has 2 N–H and O–H groups in total.